The third-order valence-electron chi connectivity index (χ3n) is 6.98. The lowest BCUT2D eigenvalue weighted by molar-refractivity contribution is -0.142. The van der Waals surface area contributed by atoms with Crippen molar-refractivity contribution in [3.8, 4) is 11.1 Å². The number of nitrogens with zero attached hydrogens (tertiary/aromatic N) is 4. The van der Waals surface area contributed by atoms with Crippen molar-refractivity contribution in [2.75, 3.05) is 56.0 Å². The van der Waals surface area contributed by atoms with Crippen LogP contribution in [-0.4, -0.2) is 77.4 Å². The fraction of sp³-hybridized carbons (Fsp3) is 0.462. The van der Waals surface area contributed by atoms with Crippen LogP contribution in [-0.2, 0) is 4.79 Å². The summed E-state index contributed by atoms with van der Waals surface area (Å²) < 4.78 is 1.94. The molecule has 1 aliphatic heterocycles. The molecule has 2 aromatic heterocycles. The molecule has 3 aromatic rings. The molecule has 8 nitrogen and oxygen atoms in total. The minimum absolute atomic E-state index is 0.0111. The van der Waals surface area contributed by atoms with E-state index in [9.17, 15) is 9.90 Å². The molecule has 34 heavy (non-hydrogen) atoms. The molecule has 3 heterocycles. The highest BCUT2D eigenvalue weighted by atomic mass is 16.3. The number of likely N-dealkylation sites (N-methyl/N-ethyl adjacent to an activating group) is 1. The molecule has 180 valence electrons. The van der Waals surface area contributed by atoms with Gasteiger partial charge in [0.25, 0.3) is 0 Å². The van der Waals surface area contributed by atoms with Crippen LogP contribution in [0.25, 0.3) is 16.6 Å². The summed E-state index contributed by atoms with van der Waals surface area (Å²) >= 11 is 0. The molecule has 1 aromatic carbocycles. The molecule has 0 unspecified atom stereocenters. The number of fused-ring (bicyclic) bond motifs is 1. The van der Waals surface area contributed by atoms with Crippen LogP contribution >= 0.6 is 0 Å². The largest absolute Gasteiger partial charge is 0.393 e. The first-order valence-corrected chi connectivity index (χ1v) is 12.4. The molecular formula is C26H34N6O2. The number of hydrogen-bond acceptors (Lipinski definition) is 6. The van der Waals surface area contributed by atoms with Crippen molar-refractivity contribution in [2.24, 2.45) is 5.92 Å². The fourth-order valence-electron chi connectivity index (χ4n) is 4.89. The van der Waals surface area contributed by atoms with E-state index in [-0.39, 0.29) is 17.9 Å². The van der Waals surface area contributed by atoms with Gasteiger partial charge in [0, 0.05) is 68.8 Å². The summed E-state index contributed by atoms with van der Waals surface area (Å²) in [4.78, 5) is 16.9. The van der Waals surface area contributed by atoms with Crippen molar-refractivity contribution in [2.45, 2.75) is 25.9 Å². The molecular weight excluding hydrogens is 428 g/mol. The number of aliphatic hydroxyl groups is 1. The summed E-state index contributed by atoms with van der Waals surface area (Å²) in [7, 11) is 0. The Morgan fingerprint density at radius 2 is 1.82 bits per heavy atom. The van der Waals surface area contributed by atoms with Crippen LogP contribution in [0.3, 0.4) is 0 Å². The van der Waals surface area contributed by atoms with E-state index in [0.29, 0.717) is 12.8 Å². The van der Waals surface area contributed by atoms with Crippen molar-refractivity contribution in [3.63, 3.8) is 0 Å². The first-order valence-electron chi connectivity index (χ1n) is 12.4. The Morgan fingerprint density at radius 1 is 1.06 bits per heavy atom. The van der Waals surface area contributed by atoms with Crippen LogP contribution in [0.15, 0.2) is 48.8 Å². The molecule has 1 aliphatic carbocycles. The highest BCUT2D eigenvalue weighted by molar-refractivity contribution is 5.82. The maximum Gasteiger partial charge on any atom is 0.226 e. The van der Waals surface area contributed by atoms with Gasteiger partial charge < -0.3 is 25.5 Å². The molecule has 5 rings (SSSR count). The number of nitrogens with one attached hydrogen (secondary N) is 2. The summed E-state index contributed by atoms with van der Waals surface area (Å²) in [5.74, 6) is 0.214. The van der Waals surface area contributed by atoms with Crippen LogP contribution in [0, 0.1) is 5.92 Å². The first kappa shape index (κ1) is 22.7. The van der Waals surface area contributed by atoms with Crippen LogP contribution in [0.1, 0.15) is 19.8 Å². The Balaban J connectivity index is 1.26. The van der Waals surface area contributed by atoms with Crippen LogP contribution in [0.5, 0.6) is 0 Å². The van der Waals surface area contributed by atoms with E-state index in [1.54, 1.807) is 0 Å². The van der Waals surface area contributed by atoms with Gasteiger partial charge in [0.05, 0.1) is 17.3 Å². The van der Waals surface area contributed by atoms with Crippen molar-refractivity contribution < 1.29 is 9.90 Å². The summed E-state index contributed by atoms with van der Waals surface area (Å²) in [5.41, 5.74) is 5.64. The molecule has 0 atom stereocenters. The molecule has 1 amide bonds. The normalized spacial score (nSPS) is 20.4. The summed E-state index contributed by atoms with van der Waals surface area (Å²) in [6.45, 7) is 7.98. The van der Waals surface area contributed by atoms with E-state index < -0.39 is 0 Å². The SMILES string of the molecule is CCNCCNc1ccc(-c2cc3c(N4CCN(C(=O)[C@H]5C[C@@H](O)C5)CC4)ccnn3c2)cc1. The number of carbonyl (C=O) groups excluding carboxylic acids is 1. The van der Waals surface area contributed by atoms with Gasteiger partial charge in [0.15, 0.2) is 0 Å². The Morgan fingerprint density at radius 3 is 2.53 bits per heavy atom. The maximum absolute atomic E-state index is 12.6. The molecule has 1 saturated heterocycles. The number of carbonyl (C=O) groups is 1. The van der Waals surface area contributed by atoms with Gasteiger partial charge >= 0.3 is 0 Å². The molecule has 2 fully saturated rings. The quantitative estimate of drug-likeness (QED) is 0.446. The van der Waals surface area contributed by atoms with Crippen molar-refractivity contribution in [1.82, 2.24) is 19.8 Å². The smallest absolute Gasteiger partial charge is 0.226 e. The van der Waals surface area contributed by atoms with Gasteiger partial charge in [-0.3, -0.25) is 4.79 Å². The van der Waals surface area contributed by atoms with Crippen LogP contribution in [0.4, 0.5) is 11.4 Å². The second kappa shape index (κ2) is 10.0. The van der Waals surface area contributed by atoms with Crippen LogP contribution < -0.4 is 15.5 Å². The number of amides is 1. The summed E-state index contributed by atoms with van der Waals surface area (Å²) in [6, 6.07) is 12.8. The minimum atomic E-state index is -0.292. The lowest BCUT2D eigenvalue weighted by Gasteiger charge is -2.40. The van der Waals surface area contributed by atoms with Crippen molar-refractivity contribution >= 4 is 22.8 Å². The molecule has 0 spiro atoms. The van der Waals surface area contributed by atoms with E-state index in [1.165, 1.54) is 0 Å². The predicted molar refractivity (Wildman–Crippen MR) is 135 cm³/mol. The highest BCUT2D eigenvalue weighted by Gasteiger charge is 2.36. The third-order valence-corrected chi connectivity index (χ3v) is 6.98. The number of aromatic nitrogens is 2. The zero-order valence-corrected chi connectivity index (χ0v) is 19.8. The fourth-order valence-corrected chi connectivity index (χ4v) is 4.89. The van der Waals surface area contributed by atoms with Gasteiger partial charge in [-0.15, -0.1) is 0 Å². The lowest BCUT2D eigenvalue weighted by atomic mass is 9.81. The second-order valence-corrected chi connectivity index (χ2v) is 9.27. The number of benzene rings is 1. The van der Waals surface area contributed by atoms with Gasteiger partial charge in [-0.1, -0.05) is 19.1 Å². The zero-order valence-electron chi connectivity index (χ0n) is 19.8. The van der Waals surface area contributed by atoms with Gasteiger partial charge in [0.1, 0.15) is 0 Å². The van der Waals surface area contributed by atoms with Gasteiger partial charge in [-0.25, -0.2) is 4.52 Å². The molecule has 0 radical (unpaired) electrons. The van der Waals surface area contributed by atoms with E-state index in [1.807, 2.05) is 15.6 Å². The van der Waals surface area contributed by atoms with Gasteiger partial charge in [-0.2, -0.15) is 5.10 Å². The topological polar surface area (TPSA) is 85.1 Å². The maximum atomic E-state index is 12.6. The Labute approximate surface area is 200 Å². The van der Waals surface area contributed by atoms with E-state index in [4.69, 9.17) is 0 Å². The predicted octanol–water partition coefficient (Wildman–Crippen LogP) is 2.44. The molecule has 1 saturated carbocycles. The molecule has 8 heteroatoms. The lowest BCUT2D eigenvalue weighted by Crippen LogP contribution is -2.52. The molecule has 2 aliphatic rings. The number of piperazine rings is 1. The van der Waals surface area contributed by atoms with Gasteiger partial charge in [0.2, 0.25) is 5.91 Å². The Hall–Kier alpha value is -3.10. The van der Waals surface area contributed by atoms with E-state index in [0.717, 1.165) is 73.8 Å². The zero-order chi connectivity index (χ0) is 23.5. The number of rotatable bonds is 8. The Kier molecular flexibility index (Phi) is 6.69. The van der Waals surface area contributed by atoms with Gasteiger partial charge in [-0.05, 0) is 49.2 Å². The standard InChI is InChI=1S/C26H34N6O2/c1-2-27-9-10-28-22-5-3-19(4-6-22)21-17-25-24(7-8-29-32(25)18-21)30-11-13-31(14-12-30)26(34)20-15-23(33)16-20/h3-8,17-18,20,23,27-28,33H,2,9-16H2,1H3/t20-,23+. The highest BCUT2D eigenvalue weighted by Crippen LogP contribution is 2.31. The average molecular weight is 463 g/mol. The van der Waals surface area contributed by atoms with E-state index >= 15 is 0 Å². The number of anilines is 2. The van der Waals surface area contributed by atoms with Crippen molar-refractivity contribution in [3.05, 3.63) is 48.8 Å². The van der Waals surface area contributed by atoms with Crippen molar-refractivity contribution in [1.29, 1.82) is 0 Å². The molecule has 3 N–H and O–H groups in total. The number of aliphatic hydroxyl groups excluding tert-OH is 1. The van der Waals surface area contributed by atoms with E-state index in [2.05, 4.69) is 70.2 Å². The van der Waals surface area contributed by atoms with Crippen LogP contribution in [0.2, 0.25) is 0 Å². The number of hydrogen-bond donors (Lipinski definition) is 3. The average Bonchev–Trinajstić information content (AvgIpc) is 3.29. The monoisotopic (exact) mass is 462 g/mol. The Bertz CT molecular complexity index is 1110. The summed E-state index contributed by atoms with van der Waals surface area (Å²) in [5, 5.41) is 20.8. The first-order chi connectivity index (χ1) is 16.6. The third kappa shape index (κ3) is 4.74. The summed E-state index contributed by atoms with van der Waals surface area (Å²) in [6.07, 6.45) is 4.86. The minimum Gasteiger partial charge on any atom is -0.393 e. The second-order valence-electron chi connectivity index (χ2n) is 9.27. The molecule has 0 bridgehead atoms.